The van der Waals surface area contributed by atoms with Crippen molar-refractivity contribution in [1.82, 2.24) is 4.90 Å². The molecular formula is C26H26F6N2O. The van der Waals surface area contributed by atoms with Crippen LogP contribution in [0.15, 0.2) is 48.5 Å². The van der Waals surface area contributed by atoms with E-state index in [2.05, 4.69) is 11.0 Å². The van der Waals surface area contributed by atoms with E-state index >= 15 is 0 Å². The number of ether oxygens (including phenoxy) is 1. The summed E-state index contributed by atoms with van der Waals surface area (Å²) in [5.41, 5.74) is -3.00. The molecular weight excluding hydrogens is 470 g/mol. The Labute approximate surface area is 200 Å². The fraction of sp³-hybridized carbons (Fsp3) is 0.500. The monoisotopic (exact) mass is 496 g/mol. The van der Waals surface area contributed by atoms with Crippen LogP contribution in [0.4, 0.5) is 26.3 Å². The molecule has 4 atom stereocenters. The lowest BCUT2D eigenvalue weighted by Gasteiger charge is -2.55. The van der Waals surface area contributed by atoms with Crippen molar-refractivity contribution in [3.8, 4) is 6.07 Å². The normalized spacial score (nSPS) is 27.8. The van der Waals surface area contributed by atoms with Gasteiger partial charge < -0.3 is 4.74 Å². The number of nitrogens with zero attached hydrogens (tertiary/aromatic N) is 2. The molecule has 2 aliphatic heterocycles. The van der Waals surface area contributed by atoms with Crippen LogP contribution >= 0.6 is 0 Å². The Bertz CT molecular complexity index is 1060. The van der Waals surface area contributed by atoms with E-state index in [1.165, 1.54) is 6.92 Å². The van der Waals surface area contributed by atoms with Crippen molar-refractivity contribution in [3.05, 3.63) is 70.8 Å². The Morgan fingerprint density at radius 3 is 2.17 bits per heavy atom. The maximum absolute atomic E-state index is 13.3. The molecule has 2 heterocycles. The summed E-state index contributed by atoms with van der Waals surface area (Å²) in [6.45, 7) is 2.83. The zero-order chi connectivity index (χ0) is 25.5. The molecule has 3 nitrogen and oxygen atoms in total. The molecule has 0 N–H and O–H groups in total. The molecule has 188 valence electrons. The second-order valence-electron chi connectivity index (χ2n) is 9.61. The molecule has 2 bridgehead atoms. The molecule has 2 fully saturated rings. The van der Waals surface area contributed by atoms with Crippen LogP contribution in [0.1, 0.15) is 61.0 Å². The molecule has 2 aliphatic rings. The number of rotatable bonds is 5. The van der Waals surface area contributed by atoms with Gasteiger partial charge in [-0.25, -0.2) is 0 Å². The van der Waals surface area contributed by atoms with Gasteiger partial charge in [-0.15, -0.1) is 0 Å². The molecule has 0 saturated carbocycles. The Balaban J connectivity index is 1.65. The van der Waals surface area contributed by atoms with Gasteiger partial charge in [0.1, 0.15) is 0 Å². The predicted molar refractivity (Wildman–Crippen MR) is 117 cm³/mol. The molecule has 0 spiro atoms. The first-order valence-corrected chi connectivity index (χ1v) is 11.5. The first-order valence-electron chi connectivity index (χ1n) is 11.5. The lowest BCUT2D eigenvalue weighted by molar-refractivity contribution is -0.143. The highest BCUT2D eigenvalue weighted by Gasteiger charge is 2.51. The van der Waals surface area contributed by atoms with E-state index in [4.69, 9.17) is 4.74 Å². The summed E-state index contributed by atoms with van der Waals surface area (Å²) in [7, 11) is 0. The zero-order valence-electron chi connectivity index (χ0n) is 19.2. The lowest BCUT2D eigenvalue weighted by atomic mass is 9.67. The standard InChI is InChI=1S/C26H26F6N2O/c1-18(19-12-21(25(27,28)29)14-22(13-19)26(30,31)32)35-17-24(20-6-3-2-4-7-20)10-9-23(15-33)8-5-11-34(24)16-23/h2-4,6-7,12-14,18H,5,8-11,16-17H2,1H3/t18-,23?,24-/m1/s1. The summed E-state index contributed by atoms with van der Waals surface area (Å²) in [6.07, 6.45) is -7.95. The van der Waals surface area contributed by atoms with Gasteiger partial charge in [-0.05, 0) is 68.5 Å². The number of piperidine rings is 2. The van der Waals surface area contributed by atoms with Gasteiger partial charge in [-0.2, -0.15) is 31.6 Å². The van der Waals surface area contributed by atoms with Crippen LogP contribution in [0.3, 0.4) is 0 Å². The van der Waals surface area contributed by atoms with Crippen LogP contribution in [-0.4, -0.2) is 24.6 Å². The van der Waals surface area contributed by atoms with Gasteiger partial charge in [0.15, 0.2) is 0 Å². The van der Waals surface area contributed by atoms with E-state index in [0.29, 0.717) is 19.4 Å². The molecule has 0 aromatic heterocycles. The summed E-state index contributed by atoms with van der Waals surface area (Å²) in [6, 6.07) is 13.6. The Hall–Kier alpha value is -2.57. The van der Waals surface area contributed by atoms with E-state index < -0.39 is 40.5 Å². The summed E-state index contributed by atoms with van der Waals surface area (Å²) in [5.74, 6) is 0. The Kier molecular flexibility index (Phi) is 6.66. The average Bonchev–Trinajstić information content (AvgIpc) is 2.83. The van der Waals surface area contributed by atoms with Crippen LogP contribution in [-0.2, 0) is 22.6 Å². The highest BCUT2D eigenvalue weighted by Crippen LogP contribution is 2.49. The van der Waals surface area contributed by atoms with Crippen molar-refractivity contribution in [3.63, 3.8) is 0 Å². The van der Waals surface area contributed by atoms with E-state index in [0.717, 1.165) is 37.1 Å². The van der Waals surface area contributed by atoms with Gasteiger partial charge in [0.25, 0.3) is 0 Å². The highest BCUT2D eigenvalue weighted by atomic mass is 19.4. The lowest BCUT2D eigenvalue weighted by Crippen LogP contribution is -2.60. The first-order chi connectivity index (χ1) is 16.4. The molecule has 2 unspecified atom stereocenters. The van der Waals surface area contributed by atoms with E-state index in [9.17, 15) is 31.6 Å². The first kappa shape index (κ1) is 25.5. The van der Waals surface area contributed by atoms with Gasteiger partial charge in [-0.1, -0.05) is 30.3 Å². The number of fused-ring (bicyclic) bond motifs is 2. The minimum Gasteiger partial charge on any atom is -0.372 e. The van der Waals surface area contributed by atoms with Crippen LogP contribution in [0.25, 0.3) is 0 Å². The molecule has 2 aromatic rings. The number of benzene rings is 2. The second kappa shape index (κ2) is 9.14. The minimum atomic E-state index is -4.92. The topological polar surface area (TPSA) is 36.3 Å². The molecule has 2 aromatic carbocycles. The molecule has 0 aliphatic carbocycles. The minimum absolute atomic E-state index is 0.0806. The van der Waals surface area contributed by atoms with Gasteiger partial charge in [0, 0.05) is 6.54 Å². The maximum Gasteiger partial charge on any atom is 0.416 e. The highest BCUT2D eigenvalue weighted by molar-refractivity contribution is 5.35. The number of alkyl halides is 6. The third-order valence-corrected chi connectivity index (χ3v) is 7.40. The molecule has 0 amide bonds. The largest absolute Gasteiger partial charge is 0.416 e. The number of nitriles is 1. The quantitative estimate of drug-likeness (QED) is 0.415. The van der Waals surface area contributed by atoms with E-state index in [1.54, 1.807) is 0 Å². The van der Waals surface area contributed by atoms with Crippen molar-refractivity contribution in [1.29, 1.82) is 5.26 Å². The summed E-state index contributed by atoms with van der Waals surface area (Å²) < 4.78 is 86.0. The number of hydrogen-bond acceptors (Lipinski definition) is 3. The summed E-state index contributed by atoms with van der Waals surface area (Å²) >= 11 is 0. The SMILES string of the molecule is C[C@@H](OC[C@@]1(c2ccccc2)CCC2(C#N)CCCN1C2)c1cc(C(F)(F)F)cc(C(F)(F)F)c1. The van der Waals surface area contributed by atoms with Crippen molar-refractivity contribution in [2.45, 2.75) is 56.6 Å². The Morgan fingerprint density at radius 1 is 0.971 bits per heavy atom. The fourth-order valence-electron chi connectivity index (χ4n) is 5.35. The molecule has 4 rings (SSSR count). The van der Waals surface area contributed by atoms with E-state index in [-0.39, 0.29) is 18.2 Å². The summed E-state index contributed by atoms with van der Waals surface area (Å²) in [5, 5.41) is 9.79. The van der Waals surface area contributed by atoms with Gasteiger partial charge in [-0.3, -0.25) is 4.90 Å². The third kappa shape index (κ3) is 5.05. The van der Waals surface area contributed by atoms with Crippen LogP contribution in [0.5, 0.6) is 0 Å². The van der Waals surface area contributed by atoms with Gasteiger partial charge in [0.05, 0.1) is 40.9 Å². The van der Waals surface area contributed by atoms with Crippen molar-refractivity contribution in [2.75, 3.05) is 19.7 Å². The van der Waals surface area contributed by atoms with Crippen molar-refractivity contribution in [2.24, 2.45) is 5.41 Å². The number of halogens is 6. The smallest absolute Gasteiger partial charge is 0.372 e. The number of hydrogen-bond donors (Lipinski definition) is 0. The van der Waals surface area contributed by atoms with Crippen LogP contribution in [0, 0.1) is 16.7 Å². The van der Waals surface area contributed by atoms with Gasteiger partial charge >= 0.3 is 12.4 Å². The van der Waals surface area contributed by atoms with Crippen LogP contribution < -0.4 is 0 Å². The Morgan fingerprint density at radius 2 is 1.60 bits per heavy atom. The van der Waals surface area contributed by atoms with Crippen molar-refractivity contribution < 1.29 is 31.1 Å². The fourth-order valence-corrected chi connectivity index (χ4v) is 5.35. The zero-order valence-corrected chi connectivity index (χ0v) is 19.2. The molecule has 9 heteroatoms. The third-order valence-electron chi connectivity index (χ3n) is 7.40. The molecule has 0 radical (unpaired) electrons. The van der Waals surface area contributed by atoms with Crippen molar-refractivity contribution >= 4 is 0 Å². The second-order valence-corrected chi connectivity index (χ2v) is 9.61. The predicted octanol–water partition coefficient (Wildman–Crippen LogP) is 7.10. The summed E-state index contributed by atoms with van der Waals surface area (Å²) in [4.78, 5) is 2.21. The van der Waals surface area contributed by atoms with Gasteiger partial charge in [0.2, 0.25) is 0 Å². The molecule has 35 heavy (non-hydrogen) atoms. The van der Waals surface area contributed by atoms with E-state index in [1.807, 2.05) is 30.3 Å². The maximum atomic E-state index is 13.3. The average molecular weight is 496 g/mol. The van der Waals surface area contributed by atoms with Crippen LogP contribution in [0.2, 0.25) is 0 Å². The molecule has 2 saturated heterocycles.